The fourth-order valence-corrected chi connectivity index (χ4v) is 3.51. The fraction of sp³-hybridized carbons (Fsp3) is 0.692. The molecule has 0 amide bonds. The maximum absolute atomic E-state index is 10.1. The van der Waals surface area contributed by atoms with Crippen molar-refractivity contribution >= 4 is 22.9 Å². The number of hydrogen-bond acceptors (Lipinski definition) is 3. The zero-order chi connectivity index (χ0) is 12.3. The van der Waals surface area contributed by atoms with Gasteiger partial charge in [0, 0.05) is 17.5 Å². The van der Waals surface area contributed by atoms with E-state index in [2.05, 4.69) is 11.8 Å². The summed E-state index contributed by atoms with van der Waals surface area (Å²) in [6.45, 7) is 4.45. The zero-order valence-electron chi connectivity index (χ0n) is 10.2. The lowest BCUT2D eigenvalue weighted by atomic mass is 10.0. The van der Waals surface area contributed by atoms with Crippen LogP contribution in [0.2, 0.25) is 4.34 Å². The van der Waals surface area contributed by atoms with Gasteiger partial charge in [-0.2, -0.15) is 0 Å². The molecule has 0 aromatic carbocycles. The summed E-state index contributed by atoms with van der Waals surface area (Å²) in [5.74, 6) is 0. The Labute approximate surface area is 112 Å². The third-order valence-corrected chi connectivity index (χ3v) is 4.89. The number of aliphatic hydroxyl groups excluding tert-OH is 1. The Hall–Kier alpha value is -0.0900. The molecule has 0 spiro atoms. The average Bonchev–Trinajstić information content (AvgIpc) is 2.74. The first kappa shape index (κ1) is 13.3. The summed E-state index contributed by atoms with van der Waals surface area (Å²) in [7, 11) is 0. The number of halogens is 1. The van der Waals surface area contributed by atoms with Crippen LogP contribution in [0.15, 0.2) is 12.1 Å². The van der Waals surface area contributed by atoms with E-state index in [0.717, 1.165) is 22.2 Å². The Bertz CT molecular complexity index is 355. The highest BCUT2D eigenvalue weighted by molar-refractivity contribution is 7.16. The van der Waals surface area contributed by atoms with E-state index in [-0.39, 0.29) is 6.10 Å². The molecular formula is C13H20ClNOS. The van der Waals surface area contributed by atoms with Crippen molar-refractivity contribution in [1.82, 2.24) is 4.90 Å². The maximum Gasteiger partial charge on any atom is 0.0932 e. The number of piperidine rings is 1. The predicted molar refractivity (Wildman–Crippen MR) is 73.8 cm³/mol. The summed E-state index contributed by atoms with van der Waals surface area (Å²) in [4.78, 5) is 3.47. The minimum Gasteiger partial charge on any atom is -0.388 e. The molecule has 2 unspecified atom stereocenters. The molecule has 4 heteroatoms. The van der Waals surface area contributed by atoms with E-state index in [1.54, 1.807) is 0 Å². The van der Waals surface area contributed by atoms with E-state index in [1.807, 2.05) is 12.1 Å². The topological polar surface area (TPSA) is 23.5 Å². The van der Waals surface area contributed by atoms with E-state index in [1.165, 1.54) is 37.1 Å². The quantitative estimate of drug-likeness (QED) is 0.904. The second kappa shape index (κ2) is 6.19. The first-order valence-electron chi connectivity index (χ1n) is 6.34. The molecule has 1 fully saturated rings. The molecule has 0 saturated carbocycles. The Morgan fingerprint density at radius 3 is 3.00 bits per heavy atom. The van der Waals surface area contributed by atoms with Crippen molar-refractivity contribution < 1.29 is 5.11 Å². The third-order valence-electron chi connectivity index (χ3n) is 3.55. The molecule has 2 nitrogen and oxygen atoms in total. The standard InChI is InChI=1S/C13H20ClNOS/c1-10-4-2-3-8-15(10)9-7-11(16)12-5-6-13(14)17-12/h5-6,10-11,16H,2-4,7-9H2,1H3. The minimum absolute atomic E-state index is 0.360. The van der Waals surface area contributed by atoms with E-state index >= 15 is 0 Å². The highest BCUT2D eigenvalue weighted by Gasteiger charge is 2.19. The molecule has 1 aromatic heterocycles. The number of rotatable bonds is 4. The summed E-state index contributed by atoms with van der Waals surface area (Å²) < 4.78 is 0.755. The lowest BCUT2D eigenvalue weighted by Crippen LogP contribution is -2.38. The second-order valence-electron chi connectivity index (χ2n) is 4.83. The molecule has 2 rings (SSSR count). The molecule has 17 heavy (non-hydrogen) atoms. The number of hydrogen-bond donors (Lipinski definition) is 1. The van der Waals surface area contributed by atoms with Crippen molar-refractivity contribution in [2.45, 2.75) is 44.8 Å². The van der Waals surface area contributed by atoms with Gasteiger partial charge in [0.25, 0.3) is 0 Å². The van der Waals surface area contributed by atoms with Crippen LogP contribution in [0.25, 0.3) is 0 Å². The van der Waals surface area contributed by atoms with Crippen molar-refractivity contribution in [2.75, 3.05) is 13.1 Å². The van der Waals surface area contributed by atoms with Crippen LogP contribution in [-0.4, -0.2) is 29.1 Å². The van der Waals surface area contributed by atoms with Crippen molar-refractivity contribution in [1.29, 1.82) is 0 Å². The van der Waals surface area contributed by atoms with Crippen LogP contribution in [0.4, 0.5) is 0 Å². The van der Waals surface area contributed by atoms with E-state index in [0.29, 0.717) is 6.04 Å². The normalized spacial score (nSPS) is 23.8. The van der Waals surface area contributed by atoms with Gasteiger partial charge < -0.3 is 10.0 Å². The number of aliphatic hydroxyl groups is 1. The van der Waals surface area contributed by atoms with Crippen LogP contribution in [0.3, 0.4) is 0 Å². The molecule has 0 aliphatic carbocycles. The number of thiophene rings is 1. The Morgan fingerprint density at radius 2 is 2.35 bits per heavy atom. The Balaban J connectivity index is 1.81. The fourth-order valence-electron chi connectivity index (χ4n) is 2.43. The molecule has 0 radical (unpaired) electrons. The van der Waals surface area contributed by atoms with Crippen LogP contribution in [0, 0.1) is 0 Å². The van der Waals surface area contributed by atoms with Gasteiger partial charge in [-0.15, -0.1) is 11.3 Å². The smallest absolute Gasteiger partial charge is 0.0932 e. The molecule has 1 N–H and O–H groups in total. The van der Waals surface area contributed by atoms with Gasteiger partial charge >= 0.3 is 0 Å². The molecule has 1 aliphatic rings. The van der Waals surface area contributed by atoms with Crippen LogP contribution in [-0.2, 0) is 0 Å². The Kier molecular flexibility index (Phi) is 4.86. The first-order chi connectivity index (χ1) is 8.16. The van der Waals surface area contributed by atoms with Gasteiger partial charge in [0.2, 0.25) is 0 Å². The van der Waals surface area contributed by atoms with Crippen molar-refractivity contribution in [3.63, 3.8) is 0 Å². The SMILES string of the molecule is CC1CCCCN1CCC(O)c1ccc(Cl)s1. The van der Waals surface area contributed by atoms with Crippen molar-refractivity contribution in [3.8, 4) is 0 Å². The van der Waals surface area contributed by atoms with Gasteiger partial charge in [0.05, 0.1) is 10.4 Å². The number of nitrogens with zero attached hydrogens (tertiary/aromatic N) is 1. The summed E-state index contributed by atoms with van der Waals surface area (Å²) in [5, 5.41) is 10.1. The summed E-state index contributed by atoms with van der Waals surface area (Å²) in [6.07, 6.45) is 4.38. The van der Waals surface area contributed by atoms with Crippen LogP contribution in [0.1, 0.15) is 43.6 Å². The first-order valence-corrected chi connectivity index (χ1v) is 7.53. The monoisotopic (exact) mass is 273 g/mol. The van der Waals surface area contributed by atoms with Crippen molar-refractivity contribution in [3.05, 3.63) is 21.3 Å². The van der Waals surface area contributed by atoms with E-state index in [9.17, 15) is 5.11 Å². The lowest BCUT2D eigenvalue weighted by Gasteiger charge is -2.33. The van der Waals surface area contributed by atoms with Gasteiger partial charge in [-0.3, -0.25) is 0 Å². The van der Waals surface area contributed by atoms with Crippen molar-refractivity contribution in [2.24, 2.45) is 0 Å². The molecule has 1 aliphatic heterocycles. The molecule has 2 atom stereocenters. The largest absolute Gasteiger partial charge is 0.388 e. The summed E-state index contributed by atoms with van der Waals surface area (Å²) in [5.41, 5.74) is 0. The summed E-state index contributed by atoms with van der Waals surface area (Å²) >= 11 is 7.35. The lowest BCUT2D eigenvalue weighted by molar-refractivity contribution is 0.111. The third kappa shape index (κ3) is 3.68. The predicted octanol–water partition coefficient (Wildman–Crippen LogP) is 3.70. The van der Waals surface area contributed by atoms with Crippen LogP contribution in [0.5, 0.6) is 0 Å². The van der Waals surface area contributed by atoms with E-state index in [4.69, 9.17) is 11.6 Å². The van der Waals surface area contributed by atoms with Gasteiger partial charge in [0.15, 0.2) is 0 Å². The average molecular weight is 274 g/mol. The molecule has 2 heterocycles. The second-order valence-corrected chi connectivity index (χ2v) is 6.57. The van der Waals surface area contributed by atoms with Gasteiger partial charge in [-0.1, -0.05) is 18.0 Å². The van der Waals surface area contributed by atoms with Crippen LogP contribution < -0.4 is 0 Å². The molecule has 0 bridgehead atoms. The zero-order valence-corrected chi connectivity index (χ0v) is 11.8. The van der Waals surface area contributed by atoms with Gasteiger partial charge in [-0.05, 0) is 44.9 Å². The molecule has 96 valence electrons. The molecular weight excluding hydrogens is 254 g/mol. The van der Waals surface area contributed by atoms with Crippen LogP contribution >= 0.6 is 22.9 Å². The highest BCUT2D eigenvalue weighted by Crippen LogP contribution is 2.29. The maximum atomic E-state index is 10.1. The minimum atomic E-state index is -0.360. The number of likely N-dealkylation sites (tertiary alicyclic amines) is 1. The van der Waals surface area contributed by atoms with Gasteiger partial charge in [-0.25, -0.2) is 0 Å². The molecule has 1 saturated heterocycles. The molecule has 1 aromatic rings. The Morgan fingerprint density at radius 1 is 1.53 bits per heavy atom. The summed E-state index contributed by atoms with van der Waals surface area (Å²) in [6, 6.07) is 4.45. The van der Waals surface area contributed by atoms with Gasteiger partial charge in [0.1, 0.15) is 0 Å². The van der Waals surface area contributed by atoms with E-state index < -0.39 is 0 Å². The highest BCUT2D eigenvalue weighted by atomic mass is 35.5.